The molecule has 0 spiro atoms. The molecule has 0 aromatic heterocycles. The van der Waals surface area contributed by atoms with Crippen molar-refractivity contribution in [2.75, 3.05) is 19.6 Å². The molecule has 1 aliphatic carbocycles. The predicted molar refractivity (Wildman–Crippen MR) is 99.7 cm³/mol. The molecule has 1 aliphatic heterocycles. The van der Waals surface area contributed by atoms with E-state index in [1.54, 1.807) is 0 Å². The van der Waals surface area contributed by atoms with Crippen LogP contribution in [0.4, 0.5) is 0 Å². The summed E-state index contributed by atoms with van der Waals surface area (Å²) in [6.07, 6.45) is 4.51. The first-order valence-electron chi connectivity index (χ1n) is 8.95. The Hall–Kier alpha value is -0.770. The summed E-state index contributed by atoms with van der Waals surface area (Å²) in [5.74, 6) is 0.729. The van der Waals surface area contributed by atoms with Gasteiger partial charge in [-0.1, -0.05) is 37.0 Å². The van der Waals surface area contributed by atoms with E-state index in [1.807, 2.05) is 19.9 Å². The fraction of sp³-hybridized carbons (Fsp3) is 0.632. The normalized spacial score (nSPS) is 24.2. The van der Waals surface area contributed by atoms with Gasteiger partial charge in [0.15, 0.2) is 0 Å². The topological polar surface area (TPSA) is 32.3 Å². The molecule has 1 fully saturated rings. The maximum Gasteiger partial charge on any atom is 0.222 e. The van der Waals surface area contributed by atoms with Crippen LogP contribution in [-0.4, -0.2) is 30.4 Å². The molecule has 1 saturated heterocycles. The van der Waals surface area contributed by atoms with Gasteiger partial charge in [0, 0.05) is 35.1 Å². The lowest BCUT2D eigenvalue weighted by molar-refractivity contribution is -0.124. The maximum absolute atomic E-state index is 11.8. The third-order valence-electron chi connectivity index (χ3n) is 5.30. The molecule has 2 atom stereocenters. The van der Waals surface area contributed by atoms with Gasteiger partial charge in [-0.05, 0) is 61.4 Å². The summed E-state index contributed by atoms with van der Waals surface area (Å²) >= 11 is 12.6. The monoisotopic (exact) mass is 368 g/mol. The minimum atomic E-state index is 0.0516. The third-order valence-corrected chi connectivity index (χ3v) is 5.86. The Morgan fingerprint density at radius 1 is 1.33 bits per heavy atom. The van der Waals surface area contributed by atoms with Crippen LogP contribution in [0.1, 0.15) is 50.3 Å². The standard InChI is InChI=1S/C19H26Cl2N2O/c1-12(2)19(24)22-10-13-4-3-7-23(11-13)18-6-5-15-16(18)8-14(20)9-17(15)21/h8-9,12-13,18H,3-7,10-11H2,1-2H3,(H,22,24). The number of likely N-dealkylation sites (tertiary alicyclic amines) is 1. The van der Waals surface area contributed by atoms with Crippen LogP contribution >= 0.6 is 23.2 Å². The molecule has 1 amide bonds. The van der Waals surface area contributed by atoms with Crippen LogP contribution in [0.5, 0.6) is 0 Å². The van der Waals surface area contributed by atoms with E-state index in [0.717, 1.165) is 42.5 Å². The SMILES string of the molecule is CC(C)C(=O)NCC1CCCN(C2CCc3c(Cl)cc(Cl)cc32)C1. The summed E-state index contributed by atoms with van der Waals surface area (Å²) < 4.78 is 0. The number of piperidine rings is 1. The lowest BCUT2D eigenvalue weighted by Gasteiger charge is -2.37. The van der Waals surface area contributed by atoms with E-state index in [1.165, 1.54) is 24.0 Å². The van der Waals surface area contributed by atoms with Gasteiger partial charge in [-0.2, -0.15) is 0 Å². The van der Waals surface area contributed by atoms with Crippen molar-refractivity contribution in [3.63, 3.8) is 0 Å². The summed E-state index contributed by atoms with van der Waals surface area (Å²) in [7, 11) is 0. The van der Waals surface area contributed by atoms with Crippen LogP contribution in [0.2, 0.25) is 10.0 Å². The Morgan fingerprint density at radius 3 is 2.88 bits per heavy atom. The molecule has 1 aromatic rings. The van der Waals surface area contributed by atoms with Gasteiger partial charge >= 0.3 is 0 Å². The van der Waals surface area contributed by atoms with Gasteiger partial charge in [0.1, 0.15) is 0 Å². The number of rotatable bonds is 4. The van der Waals surface area contributed by atoms with E-state index in [2.05, 4.69) is 16.3 Å². The second-order valence-corrected chi connectivity index (χ2v) is 8.26. The lowest BCUT2D eigenvalue weighted by atomic mass is 9.95. The molecule has 24 heavy (non-hydrogen) atoms. The zero-order chi connectivity index (χ0) is 17.3. The van der Waals surface area contributed by atoms with Crippen molar-refractivity contribution < 1.29 is 4.79 Å². The van der Waals surface area contributed by atoms with Crippen molar-refractivity contribution >= 4 is 29.1 Å². The smallest absolute Gasteiger partial charge is 0.222 e. The number of nitrogens with one attached hydrogen (secondary N) is 1. The molecule has 1 aromatic carbocycles. The second-order valence-electron chi connectivity index (χ2n) is 7.41. The summed E-state index contributed by atoms with van der Waals surface area (Å²) in [5.41, 5.74) is 2.57. The first-order chi connectivity index (χ1) is 11.5. The molecule has 132 valence electrons. The number of hydrogen-bond acceptors (Lipinski definition) is 2. The Bertz CT molecular complexity index is 618. The molecule has 0 saturated carbocycles. The third kappa shape index (κ3) is 3.89. The van der Waals surface area contributed by atoms with E-state index >= 15 is 0 Å². The van der Waals surface area contributed by atoms with Crippen molar-refractivity contribution in [2.45, 2.75) is 45.6 Å². The molecule has 2 unspecified atom stereocenters. The summed E-state index contributed by atoms with van der Waals surface area (Å²) in [4.78, 5) is 14.4. The zero-order valence-electron chi connectivity index (χ0n) is 14.4. The highest BCUT2D eigenvalue weighted by atomic mass is 35.5. The van der Waals surface area contributed by atoms with Crippen LogP contribution in [0, 0.1) is 11.8 Å². The number of nitrogens with zero attached hydrogens (tertiary/aromatic N) is 1. The van der Waals surface area contributed by atoms with E-state index in [4.69, 9.17) is 23.2 Å². The molecule has 2 aliphatic rings. The van der Waals surface area contributed by atoms with Crippen molar-refractivity contribution in [1.29, 1.82) is 0 Å². The van der Waals surface area contributed by atoms with Gasteiger partial charge in [0.05, 0.1) is 0 Å². The van der Waals surface area contributed by atoms with Gasteiger partial charge in [0.25, 0.3) is 0 Å². The van der Waals surface area contributed by atoms with Crippen LogP contribution < -0.4 is 5.32 Å². The minimum Gasteiger partial charge on any atom is -0.356 e. The van der Waals surface area contributed by atoms with Gasteiger partial charge in [0.2, 0.25) is 5.91 Å². The highest BCUT2D eigenvalue weighted by Crippen LogP contribution is 2.42. The first kappa shape index (κ1) is 18.0. The molecule has 3 rings (SSSR count). The number of benzene rings is 1. The van der Waals surface area contributed by atoms with Crippen LogP contribution in [0.15, 0.2) is 12.1 Å². The van der Waals surface area contributed by atoms with E-state index < -0.39 is 0 Å². The number of halogens is 2. The van der Waals surface area contributed by atoms with Crippen LogP contribution in [-0.2, 0) is 11.2 Å². The van der Waals surface area contributed by atoms with E-state index in [0.29, 0.717) is 12.0 Å². The molecule has 5 heteroatoms. The second kappa shape index (κ2) is 7.63. The number of carbonyl (C=O) groups is 1. The molecule has 0 radical (unpaired) electrons. The number of fused-ring (bicyclic) bond motifs is 1. The minimum absolute atomic E-state index is 0.0516. The summed E-state index contributed by atoms with van der Waals surface area (Å²) in [6, 6.07) is 4.36. The average Bonchev–Trinajstić information content (AvgIpc) is 2.96. The Labute approximate surface area is 154 Å². The number of amides is 1. The van der Waals surface area contributed by atoms with Gasteiger partial charge < -0.3 is 5.32 Å². The van der Waals surface area contributed by atoms with Crippen molar-refractivity contribution in [3.05, 3.63) is 33.3 Å². The Balaban J connectivity index is 1.66. The van der Waals surface area contributed by atoms with Gasteiger partial charge in [-0.3, -0.25) is 9.69 Å². The summed E-state index contributed by atoms with van der Waals surface area (Å²) in [5, 5.41) is 4.62. The highest BCUT2D eigenvalue weighted by Gasteiger charge is 2.32. The van der Waals surface area contributed by atoms with Crippen molar-refractivity contribution in [2.24, 2.45) is 11.8 Å². The quantitative estimate of drug-likeness (QED) is 0.850. The van der Waals surface area contributed by atoms with E-state index in [9.17, 15) is 4.79 Å². The van der Waals surface area contributed by atoms with E-state index in [-0.39, 0.29) is 11.8 Å². The largest absolute Gasteiger partial charge is 0.356 e. The number of hydrogen-bond donors (Lipinski definition) is 1. The Kier molecular flexibility index (Phi) is 5.74. The molecule has 0 bridgehead atoms. The molecular weight excluding hydrogens is 343 g/mol. The molecule has 1 N–H and O–H groups in total. The summed E-state index contributed by atoms with van der Waals surface area (Å²) in [6.45, 7) is 6.80. The Morgan fingerprint density at radius 2 is 2.12 bits per heavy atom. The van der Waals surface area contributed by atoms with Gasteiger partial charge in [-0.15, -0.1) is 0 Å². The predicted octanol–water partition coefficient (Wildman–Crippen LogP) is 4.46. The maximum atomic E-state index is 11.8. The highest BCUT2D eigenvalue weighted by molar-refractivity contribution is 6.35. The molecule has 1 heterocycles. The lowest BCUT2D eigenvalue weighted by Crippen LogP contribution is -2.42. The number of carbonyl (C=O) groups excluding carboxylic acids is 1. The van der Waals surface area contributed by atoms with Crippen molar-refractivity contribution in [3.8, 4) is 0 Å². The zero-order valence-corrected chi connectivity index (χ0v) is 16.0. The van der Waals surface area contributed by atoms with Gasteiger partial charge in [-0.25, -0.2) is 0 Å². The fourth-order valence-corrected chi connectivity index (χ4v) is 4.60. The van der Waals surface area contributed by atoms with Crippen molar-refractivity contribution in [1.82, 2.24) is 10.2 Å². The average molecular weight is 369 g/mol. The molecule has 3 nitrogen and oxygen atoms in total. The first-order valence-corrected chi connectivity index (χ1v) is 9.71. The van der Waals surface area contributed by atoms with Crippen LogP contribution in [0.25, 0.3) is 0 Å². The fourth-order valence-electron chi connectivity index (χ4n) is 4.00. The molecular formula is C19H26Cl2N2O. The van der Waals surface area contributed by atoms with Crippen LogP contribution in [0.3, 0.4) is 0 Å².